The number of nitrogen functional groups attached to an aromatic ring is 1. The fraction of sp³-hybridized carbons (Fsp3) is 0.615. The summed E-state index contributed by atoms with van der Waals surface area (Å²) in [6, 6.07) is 3.84. The Bertz CT molecular complexity index is 440. The highest BCUT2D eigenvalue weighted by Crippen LogP contribution is 2.26. The molecule has 0 aromatic carbocycles. The fourth-order valence-electron chi connectivity index (χ4n) is 2.09. The minimum Gasteiger partial charge on any atom is -0.398 e. The van der Waals surface area contributed by atoms with Crippen LogP contribution in [0.25, 0.3) is 0 Å². The van der Waals surface area contributed by atoms with Gasteiger partial charge in [-0.3, -0.25) is 9.69 Å². The van der Waals surface area contributed by atoms with E-state index in [1.54, 1.807) is 23.9 Å². The summed E-state index contributed by atoms with van der Waals surface area (Å²) in [4.78, 5) is 14.0. The van der Waals surface area contributed by atoms with E-state index in [9.17, 15) is 4.79 Å². The van der Waals surface area contributed by atoms with Gasteiger partial charge in [0.1, 0.15) is 0 Å². The summed E-state index contributed by atoms with van der Waals surface area (Å²) >= 11 is 0. The van der Waals surface area contributed by atoms with Gasteiger partial charge in [0.25, 0.3) is 5.56 Å². The molecular formula is C13H21N3O2. The maximum Gasteiger partial charge on any atom is 0.250 e. The molecule has 1 heterocycles. The standard InChI is InChI=1S/C13H21N3O2/c1-18-9-8-15(12-3-4-12)6-7-16-10-11(14)2-5-13(16)17/h2,5,10,12H,3-4,6-9,14H2,1H3. The Morgan fingerprint density at radius 3 is 2.89 bits per heavy atom. The van der Waals surface area contributed by atoms with E-state index in [2.05, 4.69) is 4.90 Å². The van der Waals surface area contributed by atoms with Crippen LogP contribution >= 0.6 is 0 Å². The molecule has 0 amide bonds. The van der Waals surface area contributed by atoms with Gasteiger partial charge in [0.15, 0.2) is 0 Å². The molecule has 5 nitrogen and oxygen atoms in total. The lowest BCUT2D eigenvalue weighted by atomic mass is 10.4. The number of nitrogens with two attached hydrogens (primary N) is 1. The van der Waals surface area contributed by atoms with Crippen molar-refractivity contribution in [2.24, 2.45) is 0 Å². The quantitative estimate of drug-likeness (QED) is 0.768. The van der Waals surface area contributed by atoms with E-state index in [0.717, 1.165) is 19.7 Å². The minimum absolute atomic E-state index is 0.00619. The highest BCUT2D eigenvalue weighted by Gasteiger charge is 2.28. The van der Waals surface area contributed by atoms with Crippen LogP contribution in [0.3, 0.4) is 0 Å². The second-order valence-corrected chi connectivity index (χ2v) is 4.75. The molecule has 0 aliphatic heterocycles. The zero-order valence-electron chi connectivity index (χ0n) is 10.8. The van der Waals surface area contributed by atoms with Gasteiger partial charge in [0.2, 0.25) is 0 Å². The summed E-state index contributed by atoms with van der Waals surface area (Å²) < 4.78 is 6.79. The number of anilines is 1. The molecule has 5 heteroatoms. The Kier molecular flexibility index (Phi) is 4.38. The molecule has 1 aromatic heterocycles. The first-order chi connectivity index (χ1) is 8.70. The number of aromatic nitrogens is 1. The van der Waals surface area contributed by atoms with Crippen molar-refractivity contribution in [2.45, 2.75) is 25.4 Å². The van der Waals surface area contributed by atoms with Crippen molar-refractivity contribution in [3.8, 4) is 0 Å². The van der Waals surface area contributed by atoms with Gasteiger partial charge < -0.3 is 15.0 Å². The Labute approximate surface area is 107 Å². The summed E-state index contributed by atoms with van der Waals surface area (Å²) in [6.07, 6.45) is 4.23. The molecular weight excluding hydrogens is 230 g/mol. The van der Waals surface area contributed by atoms with E-state index < -0.39 is 0 Å². The highest BCUT2D eigenvalue weighted by molar-refractivity contribution is 5.33. The lowest BCUT2D eigenvalue weighted by Crippen LogP contribution is -2.34. The molecule has 0 radical (unpaired) electrons. The molecule has 0 bridgehead atoms. The predicted molar refractivity (Wildman–Crippen MR) is 71.6 cm³/mol. The number of methoxy groups -OCH3 is 1. The average Bonchev–Trinajstić information content (AvgIpc) is 3.17. The number of pyridine rings is 1. The van der Waals surface area contributed by atoms with Crippen LogP contribution in [0.15, 0.2) is 23.1 Å². The number of ether oxygens (including phenoxy) is 1. The van der Waals surface area contributed by atoms with Gasteiger partial charge in [0.05, 0.1) is 6.61 Å². The van der Waals surface area contributed by atoms with Gasteiger partial charge >= 0.3 is 0 Å². The Morgan fingerprint density at radius 1 is 1.44 bits per heavy atom. The van der Waals surface area contributed by atoms with Crippen molar-refractivity contribution >= 4 is 5.69 Å². The molecule has 18 heavy (non-hydrogen) atoms. The Morgan fingerprint density at radius 2 is 2.22 bits per heavy atom. The summed E-state index contributed by atoms with van der Waals surface area (Å²) in [5, 5.41) is 0. The molecule has 2 rings (SSSR count). The largest absolute Gasteiger partial charge is 0.398 e. The second-order valence-electron chi connectivity index (χ2n) is 4.75. The Hall–Kier alpha value is -1.33. The van der Waals surface area contributed by atoms with Crippen molar-refractivity contribution in [3.63, 3.8) is 0 Å². The van der Waals surface area contributed by atoms with Crippen molar-refractivity contribution in [2.75, 3.05) is 32.5 Å². The third kappa shape index (κ3) is 3.58. The van der Waals surface area contributed by atoms with E-state index in [1.807, 2.05) is 0 Å². The van der Waals surface area contributed by atoms with Crippen LogP contribution in [-0.2, 0) is 11.3 Å². The normalized spacial score (nSPS) is 15.2. The van der Waals surface area contributed by atoms with Gasteiger partial charge in [0, 0.05) is 50.7 Å². The maximum atomic E-state index is 11.6. The molecule has 100 valence electrons. The van der Waals surface area contributed by atoms with Crippen LogP contribution in [0.2, 0.25) is 0 Å². The number of rotatable bonds is 7. The lowest BCUT2D eigenvalue weighted by Gasteiger charge is -2.21. The fourth-order valence-corrected chi connectivity index (χ4v) is 2.09. The van der Waals surface area contributed by atoms with E-state index in [-0.39, 0.29) is 5.56 Å². The number of nitrogens with zero attached hydrogens (tertiary/aromatic N) is 2. The van der Waals surface area contributed by atoms with Crippen molar-refractivity contribution < 1.29 is 4.74 Å². The summed E-state index contributed by atoms with van der Waals surface area (Å²) in [7, 11) is 1.72. The van der Waals surface area contributed by atoms with E-state index >= 15 is 0 Å². The molecule has 0 unspecified atom stereocenters. The SMILES string of the molecule is COCCN(CCn1cc(N)ccc1=O)C1CC1. The third-order valence-electron chi connectivity index (χ3n) is 3.28. The van der Waals surface area contributed by atoms with Crippen LogP contribution in [0.1, 0.15) is 12.8 Å². The summed E-state index contributed by atoms with van der Waals surface area (Å²) in [5.74, 6) is 0. The summed E-state index contributed by atoms with van der Waals surface area (Å²) in [6.45, 7) is 3.22. The monoisotopic (exact) mass is 251 g/mol. The minimum atomic E-state index is 0.00619. The van der Waals surface area contributed by atoms with Gasteiger partial charge in [-0.15, -0.1) is 0 Å². The topological polar surface area (TPSA) is 60.5 Å². The van der Waals surface area contributed by atoms with Crippen LogP contribution in [0.5, 0.6) is 0 Å². The average molecular weight is 251 g/mol. The second kappa shape index (κ2) is 6.02. The van der Waals surface area contributed by atoms with Crippen molar-refractivity contribution in [1.82, 2.24) is 9.47 Å². The zero-order chi connectivity index (χ0) is 13.0. The van der Waals surface area contributed by atoms with Gasteiger partial charge in [-0.25, -0.2) is 0 Å². The first-order valence-corrected chi connectivity index (χ1v) is 6.39. The first-order valence-electron chi connectivity index (χ1n) is 6.39. The lowest BCUT2D eigenvalue weighted by molar-refractivity contribution is 0.141. The van der Waals surface area contributed by atoms with Gasteiger partial charge in [-0.2, -0.15) is 0 Å². The summed E-state index contributed by atoms with van der Waals surface area (Å²) in [5.41, 5.74) is 6.33. The molecule has 1 aromatic rings. The molecule has 0 saturated heterocycles. The third-order valence-corrected chi connectivity index (χ3v) is 3.28. The number of hydrogen-bond donors (Lipinski definition) is 1. The maximum absolute atomic E-state index is 11.6. The predicted octanol–water partition coefficient (Wildman–Crippen LogP) is 0.541. The zero-order valence-corrected chi connectivity index (χ0v) is 10.8. The smallest absolute Gasteiger partial charge is 0.250 e. The van der Waals surface area contributed by atoms with E-state index in [1.165, 1.54) is 18.9 Å². The van der Waals surface area contributed by atoms with E-state index in [0.29, 0.717) is 18.3 Å². The molecule has 1 saturated carbocycles. The molecule has 0 atom stereocenters. The highest BCUT2D eigenvalue weighted by atomic mass is 16.5. The molecule has 1 fully saturated rings. The molecule has 2 N–H and O–H groups in total. The Balaban J connectivity index is 1.92. The van der Waals surface area contributed by atoms with Crippen molar-refractivity contribution in [1.29, 1.82) is 0 Å². The van der Waals surface area contributed by atoms with Gasteiger partial charge in [-0.1, -0.05) is 0 Å². The van der Waals surface area contributed by atoms with Crippen molar-refractivity contribution in [3.05, 3.63) is 28.7 Å². The first kappa shape index (κ1) is 13.1. The molecule has 0 spiro atoms. The molecule has 1 aliphatic carbocycles. The van der Waals surface area contributed by atoms with Crippen LogP contribution in [0, 0.1) is 0 Å². The van der Waals surface area contributed by atoms with Gasteiger partial charge in [-0.05, 0) is 18.9 Å². The van der Waals surface area contributed by atoms with Crippen LogP contribution in [-0.4, -0.2) is 42.3 Å². The van der Waals surface area contributed by atoms with E-state index in [4.69, 9.17) is 10.5 Å². The molecule has 1 aliphatic rings. The van der Waals surface area contributed by atoms with Crippen LogP contribution in [0.4, 0.5) is 5.69 Å². The van der Waals surface area contributed by atoms with Crippen LogP contribution < -0.4 is 11.3 Å². The number of hydrogen-bond acceptors (Lipinski definition) is 4.